The number of aromatic nitrogens is 1. The molecule has 2 amide bonds. The fourth-order valence-corrected chi connectivity index (χ4v) is 3.50. The van der Waals surface area contributed by atoms with Crippen LogP contribution in [0, 0.1) is 19.7 Å². The van der Waals surface area contributed by atoms with Gasteiger partial charge in [-0.15, -0.1) is 0 Å². The summed E-state index contributed by atoms with van der Waals surface area (Å²) in [7, 11) is 1.96. The number of aryl methyl sites for hydroxylation is 1. The molecule has 0 N–H and O–H groups in total. The Kier molecular flexibility index (Phi) is 5.63. The van der Waals surface area contributed by atoms with Crippen molar-refractivity contribution >= 4 is 11.8 Å². The van der Waals surface area contributed by atoms with Crippen molar-refractivity contribution in [2.45, 2.75) is 26.7 Å². The van der Waals surface area contributed by atoms with E-state index in [-0.39, 0.29) is 24.1 Å². The van der Waals surface area contributed by atoms with Gasteiger partial charge in [0.05, 0.1) is 12.0 Å². The molecule has 0 radical (unpaired) electrons. The molecule has 6 heteroatoms. The molecule has 144 valence electrons. The third-order valence-electron chi connectivity index (χ3n) is 5.41. The second-order valence-corrected chi connectivity index (χ2v) is 7.17. The Labute approximate surface area is 159 Å². The van der Waals surface area contributed by atoms with E-state index in [1.807, 2.05) is 36.4 Å². The lowest BCUT2D eigenvalue weighted by Gasteiger charge is -2.22. The molecule has 1 aliphatic rings. The van der Waals surface area contributed by atoms with Gasteiger partial charge in [-0.2, -0.15) is 0 Å². The van der Waals surface area contributed by atoms with Crippen molar-refractivity contribution in [3.63, 3.8) is 0 Å². The minimum Gasteiger partial charge on any atom is -0.351 e. The predicted octanol–water partition coefficient (Wildman–Crippen LogP) is 2.70. The van der Waals surface area contributed by atoms with Gasteiger partial charge < -0.3 is 14.4 Å². The molecule has 1 fully saturated rings. The topological polar surface area (TPSA) is 45.6 Å². The zero-order valence-corrected chi connectivity index (χ0v) is 16.2. The van der Waals surface area contributed by atoms with E-state index < -0.39 is 0 Å². The summed E-state index contributed by atoms with van der Waals surface area (Å²) in [4.78, 5) is 29.1. The summed E-state index contributed by atoms with van der Waals surface area (Å²) in [6.45, 7) is 6.28. The van der Waals surface area contributed by atoms with Gasteiger partial charge in [-0.05, 0) is 44.0 Å². The second kappa shape index (κ2) is 7.94. The highest BCUT2D eigenvalue weighted by Gasteiger charge is 2.25. The molecule has 0 unspecified atom stereocenters. The number of hydrogen-bond donors (Lipinski definition) is 0. The van der Waals surface area contributed by atoms with Crippen LogP contribution in [0.5, 0.6) is 0 Å². The van der Waals surface area contributed by atoms with Gasteiger partial charge in [0, 0.05) is 44.6 Å². The molecule has 3 rings (SSSR count). The molecule has 0 aliphatic carbocycles. The van der Waals surface area contributed by atoms with Crippen LogP contribution in [-0.4, -0.2) is 52.4 Å². The molecule has 1 aliphatic heterocycles. The standard InChI is InChI=1S/C21H26FN3O2/c1-15-13-19(16(2)23(15)3)21(27)25-10-4-9-24(11-12-25)20(26)14-17-5-7-18(22)8-6-17/h5-8,13H,4,9-12,14H2,1-3H3. The summed E-state index contributed by atoms with van der Waals surface area (Å²) in [5.41, 5.74) is 3.56. The van der Waals surface area contributed by atoms with Crippen molar-refractivity contribution in [3.8, 4) is 0 Å². The van der Waals surface area contributed by atoms with Crippen LogP contribution in [0.1, 0.15) is 33.7 Å². The van der Waals surface area contributed by atoms with Crippen molar-refractivity contribution in [3.05, 3.63) is 58.7 Å². The zero-order chi connectivity index (χ0) is 19.6. The van der Waals surface area contributed by atoms with Crippen LogP contribution in [0.15, 0.2) is 30.3 Å². The van der Waals surface area contributed by atoms with E-state index in [2.05, 4.69) is 0 Å². The number of nitrogens with zero attached hydrogens (tertiary/aromatic N) is 3. The number of halogens is 1. The highest BCUT2D eigenvalue weighted by molar-refractivity contribution is 5.95. The third kappa shape index (κ3) is 4.21. The lowest BCUT2D eigenvalue weighted by atomic mass is 10.1. The quantitative estimate of drug-likeness (QED) is 0.833. The Hall–Kier alpha value is -2.63. The molecule has 0 saturated carbocycles. The second-order valence-electron chi connectivity index (χ2n) is 7.17. The Morgan fingerprint density at radius 1 is 1.00 bits per heavy atom. The average Bonchev–Trinajstić information content (AvgIpc) is 2.85. The molecular weight excluding hydrogens is 345 g/mol. The Morgan fingerprint density at radius 2 is 1.63 bits per heavy atom. The molecular formula is C21H26FN3O2. The number of rotatable bonds is 3. The molecule has 2 heterocycles. The summed E-state index contributed by atoms with van der Waals surface area (Å²) in [6, 6.07) is 7.95. The van der Waals surface area contributed by atoms with Crippen molar-refractivity contribution < 1.29 is 14.0 Å². The van der Waals surface area contributed by atoms with Crippen LogP contribution < -0.4 is 0 Å². The van der Waals surface area contributed by atoms with Crippen LogP contribution in [0.3, 0.4) is 0 Å². The van der Waals surface area contributed by atoms with Gasteiger partial charge in [-0.3, -0.25) is 9.59 Å². The van der Waals surface area contributed by atoms with Gasteiger partial charge in [0.2, 0.25) is 5.91 Å². The number of amides is 2. The highest BCUT2D eigenvalue weighted by atomic mass is 19.1. The van der Waals surface area contributed by atoms with E-state index in [0.29, 0.717) is 26.2 Å². The van der Waals surface area contributed by atoms with E-state index >= 15 is 0 Å². The predicted molar refractivity (Wildman–Crippen MR) is 102 cm³/mol. The fraction of sp³-hybridized carbons (Fsp3) is 0.429. The van der Waals surface area contributed by atoms with Crippen LogP contribution in [0.2, 0.25) is 0 Å². The van der Waals surface area contributed by atoms with Crippen molar-refractivity contribution in [2.75, 3.05) is 26.2 Å². The first-order valence-corrected chi connectivity index (χ1v) is 9.31. The molecule has 0 spiro atoms. The molecule has 1 aromatic carbocycles. The third-order valence-corrected chi connectivity index (χ3v) is 5.41. The fourth-order valence-electron chi connectivity index (χ4n) is 3.50. The smallest absolute Gasteiger partial charge is 0.255 e. The monoisotopic (exact) mass is 371 g/mol. The highest BCUT2D eigenvalue weighted by Crippen LogP contribution is 2.17. The van der Waals surface area contributed by atoms with E-state index in [1.165, 1.54) is 12.1 Å². The molecule has 5 nitrogen and oxygen atoms in total. The summed E-state index contributed by atoms with van der Waals surface area (Å²) < 4.78 is 15.0. The van der Waals surface area contributed by atoms with Crippen LogP contribution >= 0.6 is 0 Å². The van der Waals surface area contributed by atoms with Crippen LogP contribution in [-0.2, 0) is 18.3 Å². The first kappa shape index (κ1) is 19.1. The van der Waals surface area contributed by atoms with Gasteiger partial charge in [0.1, 0.15) is 5.82 Å². The number of carbonyl (C=O) groups is 2. The maximum Gasteiger partial charge on any atom is 0.255 e. The van der Waals surface area contributed by atoms with E-state index in [1.54, 1.807) is 17.0 Å². The van der Waals surface area contributed by atoms with Gasteiger partial charge in [-0.25, -0.2) is 4.39 Å². The summed E-state index contributed by atoms with van der Waals surface area (Å²) in [6.07, 6.45) is 1.01. The zero-order valence-electron chi connectivity index (χ0n) is 16.2. The van der Waals surface area contributed by atoms with Crippen molar-refractivity contribution in [1.29, 1.82) is 0 Å². The Bertz CT molecular complexity index is 842. The summed E-state index contributed by atoms with van der Waals surface area (Å²) in [5, 5.41) is 0. The van der Waals surface area contributed by atoms with Gasteiger partial charge in [0.25, 0.3) is 5.91 Å². The number of hydrogen-bond acceptors (Lipinski definition) is 2. The lowest BCUT2D eigenvalue weighted by molar-refractivity contribution is -0.130. The van der Waals surface area contributed by atoms with Crippen LogP contribution in [0.25, 0.3) is 0 Å². The number of carbonyl (C=O) groups excluding carboxylic acids is 2. The van der Waals surface area contributed by atoms with Gasteiger partial charge in [-0.1, -0.05) is 12.1 Å². The first-order valence-electron chi connectivity index (χ1n) is 9.31. The van der Waals surface area contributed by atoms with Gasteiger partial charge in [0.15, 0.2) is 0 Å². The molecule has 1 aromatic heterocycles. The van der Waals surface area contributed by atoms with E-state index in [9.17, 15) is 14.0 Å². The lowest BCUT2D eigenvalue weighted by Crippen LogP contribution is -2.38. The van der Waals surface area contributed by atoms with Crippen molar-refractivity contribution in [2.24, 2.45) is 7.05 Å². The Morgan fingerprint density at radius 3 is 2.26 bits per heavy atom. The first-order chi connectivity index (χ1) is 12.9. The van der Waals surface area contributed by atoms with E-state index in [4.69, 9.17) is 0 Å². The van der Waals surface area contributed by atoms with Crippen molar-refractivity contribution in [1.82, 2.24) is 14.4 Å². The molecule has 0 bridgehead atoms. The molecule has 27 heavy (non-hydrogen) atoms. The normalized spacial score (nSPS) is 15.0. The number of benzene rings is 1. The summed E-state index contributed by atoms with van der Waals surface area (Å²) >= 11 is 0. The molecule has 2 aromatic rings. The van der Waals surface area contributed by atoms with Crippen LogP contribution in [0.4, 0.5) is 4.39 Å². The minimum absolute atomic E-state index is 0.0163. The van der Waals surface area contributed by atoms with E-state index in [0.717, 1.165) is 28.9 Å². The Balaban J connectivity index is 1.62. The summed E-state index contributed by atoms with van der Waals surface area (Å²) in [5.74, 6) is -0.256. The maximum absolute atomic E-state index is 13.0. The van der Waals surface area contributed by atoms with Gasteiger partial charge >= 0.3 is 0 Å². The minimum atomic E-state index is -0.304. The molecule has 1 saturated heterocycles. The SMILES string of the molecule is Cc1cc(C(=O)N2CCCN(C(=O)Cc3ccc(F)cc3)CC2)c(C)n1C. The maximum atomic E-state index is 13.0. The largest absolute Gasteiger partial charge is 0.351 e. The average molecular weight is 371 g/mol. The molecule has 0 atom stereocenters.